The molecule has 108 valence electrons. The third-order valence-electron chi connectivity index (χ3n) is 3.16. The van der Waals surface area contributed by atoms with Gasteiger partial charge in [0.15, 0.2) is 0 Å². The normalized spacial score (nSPS) is 19.0. The molecule has 1 saturated heterocycles. The number of carbonyl (C=O) groups excluding carboxylic acids is 2. The van der Waals surface area contributed by atoms with E-state index in [2.05, 4.69) is 37.2 Å². The molecule has 0 aliphatic carbocycles. The zero-order valence-electron chi connectivity index (χ0n) is 11.1. The molecule has 1 fully saturated rings. The van der Waals surface area contributed by atoms with Crippen molar-refractivity contribution in [1.29, 1.82) is 0 Å². The molecule has 1 N–H and O–H groups in total. The number of nitrogens with zero attached hydrogens (tertiary/aromatic N) is 1. The maximum Gasteiger partial charge on any atom is 0.247 e. The van der Waals surface area contributed by atoms with Crippen LogP contribution in [-0.2, 0) is 9.59 Å². The van der Waals surface area contributed by atoms with E-state index in [1.165, 1.54) is 4.90 Å². The molecule has 2 rings (SSSR count). The Morgan fingerprint density at radius 1 is 1.35 bits per heavy atom. The molecular weight excluding hydrogens is 392 g/mol. The molecule has 1 atom stereocenters. The Bertz CT molecular complexity index is 563. The summed E-state index contributed by atoms with van der Waals surface area (Å²) in [5.41, 5.74) is 0.636. The first kappa shape index (κ1) is 15.3. The Morgan fingerprint density at radius 2 is 2.05 bits per heavy atom. The van der Waals surface area contributed by atoms with Crippen LogP contribution in [-0.4, -0.2) is 31.5 Å². The first-order valence-electron chi connectivity index (χ1n) is 6.12. The third kappa shape index (κ3) is 2.69. The number of anilines is 1. The predicted molar refractivity (Wildman–Crippen MR) is 83.0 cm³/mol. The van der Waals surface area contributed by atoms with Gasteiger partial charge in [-0.1, -0.05) is 6.92 Å². The fourth-order valence-electron chi connectivity index (χ4n) is 2.19. The van der Waals surface area contributed by atoms with Gasteiger partial charge in [-0.15, -0.1) is 0 Å². The average Bonchev–Trinajstić information content (AvgIpc) is 2.42. The number of nitrogens with one attached hydrogen (secondary N) is 1. The molecule has 0 aromatic heterocycles. The average molecular weight is 406 g/mol. The summed E-state index contributed by atoms with van der Waals surface area (Å²) in [7, 11) is 1.56. The van der Waals surface area contributed by atoms with Crippen molar-refractivity contribution >= 4 is 49.4 Å². The van der Waals surface area contributed by atoms with E-state index in [-0.39, 0.29) is 18.4 Å². The van der Waals surface area contributed by atoms with Crippen LogP contribution in [0.25, 0.3) is 0 Å². The molecule has 1 heterocycles. The zero-order valence-corrected chi connectivity index (χ0v) is 14.2. The Labute approximate surface area is 133 Å². The molecule has 1 aliphatic rings. The van der Waals surface area contributed by atoms with Crippen molar-refractivity contribution in [2.24, 2.45) is 0 Å². The Morgan fingerprint density at radius 3 is 2.65 bits per heavy atom. The predicted octanol–water partition coefficient (Wildman–Crippen LogP) is 2.46. The molecule has 0 saturated carbocycles. The SMILES string of the molecule is CCC1C(=O)NCC(=O)N1c1cc(OC)c(Br)cc1Br. The summed E-state index contributed by atoms with van der Waals surface area (Å²) in [4.78, 5) is 25.6. The van der Waals surface area contributed by atoms with E-state index in [9.17, 15) is 9.59 Å². The van der Waals surface area contributed by atoms with Crippen molar-refractivity contribution in [3.63, 3.8) is 0 Å². The van der Waals surface area contributed by atoms with Crippen molar-refractivity contribution in [3.05, 3.63) is 21.1 Å². The lowest BCUT2D eigenvalue weighted by molar-refractivity contribution is -0.131. The quantitative estimate of drug-likeness (QED) is 0.840. The number of amides is 2. The number of benzene rings is 1. The number of carbonyl (C=O) groups is 2. The summed E-state index contributed by atoms with van der Waals surface area (Å²) < 4.78 is 6.76. The van der Waals surface area contributed by atoms with Crippen LogP contribution < -0.4 is 15.0 Å². The monoisotopic (exact) mass is 404 g/mol. The van der Waals surface area contributed by atoms with E-state index in [0.29, 0.717) is 17.9 Å². The smallest absolute Gasteiger partial charge is 0.247 e. The van der Waals surface area contributed by atoms with Crippen LogP contribution in [0.4, 0.5) is 5.69 Å². The van der Waals surface area contributed by atoms with Crippen molar-refractivity contribution < 1.29 is 14.3 Å². The lowest BCUT2D eigenvalue weighted by Crippen LogP contribution is -2.58. The molecule has 0 bridgehead atoms. The third-order valence-corrected chi connectivity index (χ3v) is 4.42. The molecule has 20 heavy (non-hydrogen) atoms. The summed E-state index contributed by atoms with van der Waals surface area (Å²) in [5, 5.41) is 2.61. The lowest BCUT2D eigenvalue weighted by Gasteiger charge is -2.35. The molecule has 1 aromatic carbocycles. The molecule has 1 aromatic rings. The standard InChI is InChI=1S/C13H14Br2N2O3/c1-3-9-13(19)16-6-12(18)17(9)10-5-11(20-2)8(15)4-7(10)14/h4-5,9H,3,6H2,1-2H3,(H,16,19). The van der Waals surface area contributed by atoms with Crippen molar-refractivity contribution in [3.8, 4) is 5.75 Å². The number of halogens is 2. The van der Waals surface area contributed by atoms with Crippen LogP contribution in [0.15, 0.2) is 21.1 Å². The van der Waals surface area contributed by atoms with Gasteiger partial charge in [0.1, 0.15) is 11.8 Å². The number of methoxy groups -OCH3 is 1. The minimum Gasteiger partial charge on any atom is -0.495 e. The van der Waals surface area contributed by atoms with Gasteiger partial charge < -0.3 is 10.1 Å². The molecular formula is C13H14Br2N2O3. The Hall–Kier alpha value is -1.08. The van der Waals surface area contributed by atoms with E-state index in [0.717, 1.165) is 8.95 Å². The number of piperazine rings is 1. The maximum atomic E-state index is 12.2. The highest BCUT2D eigenvalue weighted by Crippen LogP contribution is 2.38. The summed E-state index contributed by atoms with van der Waals surface area (Å²) in [6, 6.07) is 3.05. The zero-order chi connectivity index (χ0) is 14.9. The van der Waals surface area contributed by atoms with E-state index in [1.807, 2.05) is 6.92 Å². The molecule has 5 nitrogen and oxygen atoms in total. The fraction of sp³-hybridized carbons (Fsp3) is 0.385. The summed E-state index contributed by atoms with van der Waals surface area (Å²) >= 11 is 6.83. The fourth-order valence-corrected chi connectivity index (χ4v) is 3.53. The molecule has 0 spiro atoms. The minimum absolute atomic E-state index is 0.0140. The highest BCUT2D eigenvalue weighted by Gasteiger charge is 2.35. The second-order valence-corrected chi connectivity index (χ2v) is 6.05. The van der Waals surface area contributed by atoms with Gasteiger partial charge in [0, 0.05) is 10.5 Å². The number of hydrogen-bond acceptors (Lipinski definition) is 3. The van der Waals surface area contributed by atoms with E-state index in [1.54, 1.807) is 19.2 Å². The molecule has 1 unspecified atom stereocenters. The first-order valence-corrected chi connectivity index (χ1v) is 7.71. The van der Waals surface area contributed by atoms with Crippen molar-refractivity contribution in [2.45, 2.75) is 19.4 Å². The van der Waals surface area contributed by atoms with Crippen LogP contribution in [0.1, 0.15) is 13.3 Å². The van der Waals surface area contributed by atoms with Gasteiger partial charge in [-0.25, -0.2) is 0 Å². The van der Waals surface area contributed by atoms with Crippen LogP contribution >= 0.6 is 31.9 Å². The largest absolute Gasteiger partial charge is 0.495 e. The molecule has 0 radical (unpaired) electrons. The van der Waals surface area contributed by atoms with Crippen LogP contribution in [0.3, 0.4) is 0 Å². The Balaban J connectivity index is 2.52. The minimum atomic E-state index is -0.501. The number of rotatable bonds is 3. The van der Waals surface area contributed by atoms with Crippen molar-refractivity contribution in [1.82, 2.24) is 5.32 Å². The molecule has 1 aliphatic heterocycles. The van der Waals surface area contributed by atoms with E-state index in [4.69, 9.17) is 4.74 Å². The van der Waals surface area contributed by atoms with Gasteiger partial charge in [0.05, 0.1) is 23.8 Å². The number of ether oxygens (including phenoxy) is 1. The van der Waals surface area contributed by atoms with E-state index < -0.39 is 6.04 Å². The van der Waals surface area contributed by atoms with Gasteiger partial charge in [0.25, 0.3) is 0 Å². The second-order valence-electron chi connectivity index (χ2n) is 4.34. The first-order chi connectivity index (χ1) is 9.49. The topological polar surface area (TPSA) is 58.6 Å². The maximum absolute atomic E-state index is 12.2. The van der Waals surface area contributed by atoms with Gasteiger partial charge in [-0.05, 0) is 44.3 Å². The van der Waals surface area contributed by atoms with Crippen molar-refractivity contribution in [2.75, 3.05) is 18.6 Å². The summed E-state index contributed by atoms with van der Waals surface area (Å²) in [6.07, 6.45) is 0.544. The lowest BCUT2D eigenvalue weighted by atomic mass is 10.1. The summed E-state index contributed by atoms with van der Waals surface area (Å²) in [6.45, 7) is 1.89. The van der Waals surface area contributed by atoms with Crippen LogP contribution in [0.5, 0.6) is 5.75 Å². The van der Waals surface area contributed by atoms with E-state index >= 15 is 0 Å². The van der Waals surface area contributed by atoms with Gasteiger partial charge >= 0.3 is 0 Å². The molecule has 2 amide bonds. The van der Waals surface area contributed by atoms with Crippen LogP contribution in [0.2, 0.25) is 0 Å². The second kappa shape index (κ2) is 6.13. The van der Waals surface area contributed by atoms with Gasteiger partial charge in [-0.2, -0.15) is 0 Å². The highest BCUT2D eigenvalue weighted by atomic mass is 79.9. The van der Waals surface area contributed by atoms with Gasteiger partial charge in [0.2, 0.25) is 11.8 Å². The Kier molecular flexibility index (Phi) is 4.70. The highest BCUT2D eigenvalue weighted by molar-refractivity contribution is 9.11. The molecule has 7 heteroatoms. The van der Waals surface area contributed by atoms with Gasteiger partial charge in [-0.3, -0.25) is 14.5 Å². The van der Waals surface area contributed by atoms with Crippen LogP contribution in [0, 0.1) is 0 Å². The number of hydrogen-bond donors (Lipinski definition) is 1. The summed E-state index contributed by atoms with van der Waals surface area (Å²) in [5.74, 6) is 0.333.